The van der Waals surface area contributed by atoms with Gasteiger partial charge in [-0.15, -0.1) is 0 Å². The molecule has 1 saturated carbocycles. The van der Waals surface area contributed by atoms with Crippen LogP contribution in [0.4, 0.5) is 0 Å². The highest BCUT2D eigenvalue weighted by molar-refractivity contribution is 7.89. The second-order valence-corrected chi connectivity index (χ2v) is 6.76. The van der Waals surface area contributed by atoms with Crippen LogP contribution >= 0.6 is 11.3 Å². The summed E-state index contributed by atoms with van der Waals surface area (Å²) in [6, 6.07) is 1.84. The van der Waals surface area contributed by atoms with Crippen molar-refractivity contribution < 1.29 is 18.3 Å². The van der Waals surface area contributed by atoms with Crippen LogP contribution in [0.25, 0.3) is 0 Å². The van der Waals surface area contributed by atoms with Gasteiger partial charge in [-0.05, 0) is 35.2 Å². The van der Waals surface area contributed by atoms with Gasteiger partial charge in [0.05, 0.1) is 0 Å². The van der Waals surface area contributed by atoms with Gasteiger partial charge in [0.25, 0.3) is 0 Å². The van der Waals surface area contributed by atoms with E-state index in [1.807, 2.05) is 16.8 Å². The number of sulfonamides is 1. The molecule has 17 heavy (non-hydrogen) atoms. The molecule has 94 valence electrons. The lowest BCUT2D eigenvalue weighted by Gasteiger charge is -2.20. The molecule has 0 bridgehead atoms. The second kappa shape index (κ2) is 4.75. The van der Waals surface area contributed by atoms with Crippen LogP contribution in [0.1, 0.15) is 18.4 Å². The largest absolute Gasteiger partial charge is 0.480 e. The molecule has 5 nitrogen and oxygen atoms in total. The zero-order chi connectivity index (χ0) is 12.5. The van der Waals surface area contributed by atoms with Crippen molar-refractivity contribution in [2.45, 2.75) is 25.4 Å². The molecule has 2 rings (SSSR count). The lowest BCUT2D eigenvalue weighted by atomic mass is 10.3. The molecule has 0 saturated heterocycles. The SMILES string of the molecule is O=C(O)CS(=O)(=O)N(Cc1ccsc1)C1CC1. The normalized spacial score (nSPS) is 16.3. The highest BCUT2D eigenvalue weighted by Crippen LogP contribution is 2.31. The summed E-state index contributed by atoms with van der Waals surface area (Å²) in [5, 5.41) is 12.4. The number of thiophene rings is 1. The fourth-order valence-corrected chi connectivity index (χ4v) is 3.77. The monoisotopic (exact) mass is 275 g/mol. The summed E-state index contributed by atoms with van der Waals surface area (Å²) >= 11 is 1.50. The molecule has 0 aliphatic heterocycles. The molecular weight excluding hydrogens is 262 g/mol. The summed E-state index contributed by atoms with van der Waals surface area (Å²) in [6.07, 6.45) is 1.64. The molecule has 1 N–H and O–H groups in total. The van der Waals surface area contributed by atoms with E-state index in [1.54, 1.807) is 0 Å². The van der Waals surface area contributed by atoms with Crippen LogP contribution in [0.15, 0.2) is 16.8 Å². The third-order valence-corrected chi connectivity index (χ3v) is 5.02. The molecule has 0 aromatic carbocycles. The van der Waals surface area contributed by atoms with Crippen LogP contribution in [0, 0.1) is 0 Å². The fraction of sp³-hybridized carbons (Fsp3) is 0.500. The molecule has 0 spiro atoms. The Bertz CT molecular complexity index is 490. The van der Waals surface area contributed by atoms with Gasteiger partial charge >= 0.3 is 5.97 Å². The van der Waals surface area contributed by atoms with E-state index in [9.17, 15) is 13.2 Å². The molecule has 1 aliphatic rings. The smallest absolute Gasteiger partial charge is 0.320 e. The Labute approximate surface area is 104 Å². The summed E-state index contributed by atoms with van der Waals surface area (Å²) in [4.78, 5) is 10.6. The van der Waals surface area contributed by atoms with Crippen LogP contribution in [0.2, 0.25) is 0 Å². The maximum absolute atomic E-state index is 11.9. The molecule has 0 amide bonds. The molecule has 1 fully saturated rings. The van der Waals surface area contributed by atoms with Gasteiger partial charge in [0.1, 0.15) is 0 Å². The minimum Gasteiger partial charge on any atom is -0.480 e. The highest BCUT2D eigenvalue weighted by Gasteiger charge is 2.38. The van der Waals surface area contributed by atoms with Crippen molar-refractivity contribution in [2.75, 3.05) is 5.75 Å². The van der Waals surface area contributed by atoms with Crippen LogP contribution in [0.5, 0.6) is 0 Å². The van der Waals surface area contributed by atoms with Crippen LogP contribution < -0.4 is 0 Å². The van der Waals surface area contributed by atoms with E-state index in [4.69, 9.17) is 5.11 Å². The minimum absolute atomic E-state index is 0.0146. The van der Waals surface area contributed by atoms with Gasteiger partial charge in [-0.25, -0.2) is 8.42 Å². The molecular formula is C10H13NO4S2. The van der Waals surface area contributed by atoms with E-state index in [0.717, 1.165) is 18.4 Å². The van der Waals surface area contributed by atoms with Crippen molar-refractivity contribution in [1.82, 2.24) is 4.31 Å². The molecule has 7 heteroatoms. The molecule has 1 aromatic heterocycles. The average Bonchev–Trinajstić information content (AvgIpc) is 2.90. The summed E-state index contributed by atoms with van der Waals surface area (Å²) in [5.41, 5.74) is 0.913. The van der Waals surface area contributed by atoms with E-state index in [2.05, 4.69) is 0 Å². The maximum atomic E-state index is 11.9. The third-order valence-electron chi connectivity index (χ3n) is 2.54. The van der Waals surface area contributed by atoms with E-state index < -0.39 is 21.7 Å². The number of carboxylic acid groups (broad SMARTS) is 1. The van der Waals surface area contributed by atoms with Gasteiger partial charge < -0.3 is 5.11 Å². The van der Waals surface area contributed by atoms with Crippen molar-refractivity contribution in [3.8, 4) is 0 Å². The summed E-state index contributed by atoms with van der Waals surface area (Å²) in [6.45, 7) is 0.282. The summed E-state index contributed by atoms with van der Waals surface area (Å²) < 4.78 is 25.1. The quantitative estimate of drug-likeness (QED) is 0.844. The third kappa shape index (κ3) is 3.27. The van der Waals surface area contributed by atoms with Gasteiger partial charge in [-0.2, -0.15) is 15.6 Å². The van der Waals surface area contributed by atoms with Gasteiger partial charge in [-0.1, -0.05) is 0 Å². The first-order valence-electron chi connectivity index (χ1n) is 5.21. The predicted molar refractivity (Wildman–Crippen MR) is 64.3 cm³/mol. The Kier molecular flexibility index (Phi) is 3.50. The van der Waals surface area contributed by atoms with Gasteiger partial charge in [0, 0.05) is 12.6 Å². The van der Waals surface area contributed by atoms with E-state index in [-0.39, 0.29) is 12.6 Å². The van der Waals surface area contributed by atoms with E-state index in [1.165, 1.54) is 15.6 Å². The lowest BCUT2D eigenvalue weighted by Crippen LogP contribution is -2.36. The number of aliphatic carboxylic acids is 1. The Morgan fingerprint density at radius 3 is 2.71 bits per heavy atom. The number of hydrogen-bond acceptors (Lipinski definition) is 4. The van der Waals surface area contributed by atoms with Crippen LogP contribution in [0.3, 0.4) is 0 Å². The van der Waals surface area contributed by atoms with Crippen molar-refractivity contribution >= 4 is 27.3 Å². The number of carbonyl (C=O) groups is 1. The molecule has 0 radical (unpaired) electrons. The molecule has 1 heterocycles. The van der Waals surface area contributed by atoms with Gasteiger partial charge in [-0.3, -0.25) is 4.79 Å². The lowest BCUT2D eigenvalue weighted by molar-refractivity contribution is -0.134. The second-order valence-electron chi connectivity index (χ2n) is 4.06. The van der Waals surface area contributed by atoms with Crippen molar-refractivity contribution in [1.29, 1.82) is 0 Å². The van der Waals surface area contributed by atoms with Crippen LogP contribution in [-0.4, -0.2) is 35.6 Å². The molecule has 1 aromatic rings. The molecule has 0 atom stereocenters. The Morgan fingerprint density at radius 2 is 2.24 bits per heavy atom. The van der Waals surface area contributed by atoms with Crippen LogP contribution in [-0.2, 0) is 21.4 Å². The van der Waals surface area contributed by atoms with E-state index in [0.29, 0.717) is 0 Å². The Balaban J connectivity index is 2.14. The van der Waals surface area contributed by atoms with Crippen molar-refractivity contribution in [2.24, 2.45) is 0 Å². The first kappa shape index (κ1) is 12.5. The molecule has 1 aliphatic carbocycles. The first-order chi connectivity index (χ1) is 7.99. The predicted octanol–water partition coefficient (Wildman–Crippen LogP) is 1.13. The standard InChI is InChI=1S/C10H13NO4S2/c12-10(13)7-17(14,15)11(9-1-2-9)5-8-3-4-16-6-8/h3-4,6,9H,1-2,5,7H2,(H,12,13). The number of rotatable bonds is 6. The summed E-state index contributed by atoms with van der Waals surface area (Å²) in [5.74, 6) is -2.13. The van der Waals surface area contributed by atoms with Gasteiger partial charge in [0.15, 0.2) is 5.75 Å². The summed E-state index contributed by atoms with van der Waals surface area (Å²) in [7, 11) is -3.70. The highest BCUT2D eigenvalue weighted by atomic mass is 32.2. The zero-order valence-corrected chi connectivity index (χ0v) is 10.7. The number of carboxylic acids is 1. The minimum atomic E-state index is -3.70. The first-order valence-corrected chi connectivity index (χ1v) is 7.76. The van der Waals surface area contributed by atoms with Crippen molar-refractivity contribution in [3.63, 3.8) is 0 Å². The topological polar surface area (TPSA) is 74.7 Å². The fourth-order valence-electron chi connectivity index (χ4n) is 1.62. The zero-order valence-electron chi connectivity index (χ0n) is 9.07. The number of nitrogens with zero attached hydrogens (tertiary/aromatic N) is 1. The van der Waals surface area contributed by atoms with Crippen molar-refractivity contribution in [3.05, 3.63) is 22.4 Å². The Hall–Kier alpha value is -0.920. The maximum Gasteiger partial charge on any atom is 0.320 e. The Morgan fingerprint density at radius 1 is 1.53 bits per heavy atom. The average molecular weight is 275 g/mol. The molecule has 0 unspecified atom stereocenters. The van der Waals surface area contributed by atoms with Gasteiger partial charge in [0.2, 0.25) is 10.0 Å². The van der Waals surface area contributed by atoms with E-state index >= 15 is 0 Å². The number of hydrogen-bond donors (Lipinski definition) is 1.